The van der Waals surface area contributed by atoms with E-state index in [0.29, 0.717) is 12.8 Å². The topological polar surface area (TPSA) is 33.1 Å². The number of aliphatic hydroxyl groups is 1. The number of rotatable bonds is 1. The van der Waals surface area contributed by atoms with E-state index in [1.165, 1.54) is 12.1 Å². The summed E-state index contributed by atoms with van der Waals surface area (Å²) in [5.74, 6) is 0. The quantitative estimate of drug-likeness (QED) is 0.758. The van der Waals surface area contributed by atoms with Gasteiger partial charge in [0.05, 0.1) is 5.60 Å². The summed E-state index contributed by atoms with van der Waals surface area (Å²) in [6.45, 7) is 0. The fraction of sp³-hybridized carbons (Fsp3) is 0.444. The summed E-state index contributed by atoms with van der Waals surface area (Å²) >= 11 is 0. The molecule has 1 fully saturated rings. The average Bonchev–Trinajstić information content (AvgIpc) is 2.84. The number of halogens is 3. The summed E-state index contributed by atoms with van der Waals surface area (Å²) in [5.41, 5.74) is -2.37. The Hall–Kier alpha value is -1.10. The molecule has 1 N–H and O–H groups in total. The predicted molar refractivity (Wildman–Crippen MR) is 42.4 cm³/mol. The first-order chi connectivity index (χ1) is 6.43. The van der Waals surface area contributed by atoms with Crippen LogP contribution in [0.5, 0.6) is 0 Å². The van der Waals surface area contributed by atoms with Crippen LogP contribution in [0.1, 0.15) is 24.1 Å². The highest BCUT2D eigenvalue weighted by molar-refractivity contribution is 5.32. The molecule has 0 aliphatic heterocycles. The molecule has 2 rings (SSSR count). The predicted octanol–water partition coefficient (Wildman–Crippen LogP) is 2.08. The summed E-state index contributed by atoms with van der Waals surface area (Å²) in [7, 11) is 0. The largest absolute Gasteiger partial charge is 0.433 e. The number of hydrogen-bond acceptors (Lipinski definition) is 2. The maximum atomic E-state index is 12.4. The zero-order valence-electron chi connectivity index (χ0n) is 7.17. The molecule has 0 radical (unpaired) electrons. The molecule has 14 heavy (non-hydrogen) atoms. The van der Waals surface area contributed by atoms with Gasteiger partial charge in [-0.2, -0.15) is 13.2 Å². The molecule has 1 aliphatic rings. The Morgan fingerprint density at radius 2 is 2.00 bits per heavy atom. The van der Waals surface area contributed by atoms with Crippen LogP contribution in [0.2, 0.25) is 0 Å². The maximum absolute atomic E-state index is 12.4. The number of alkyl halides is 3. The Balaban J connectivity index is 2.50. The molecule has 0 bridgehead atoms. The van der Waals surface area contributed by atoms with Gasteiger partial charge in [-0.3, -0.25) is 4.98 Å². The molecule has 0 aromatic carbocycles. The third-order valence-corrected chi connectivity index (χ3v) is 2.30. The minimum Gasteiger partial charge on any atom is -0.385 e. The van der Waals surface area contributed by atoms with Gasteiger partial charge in [-0.15, -0.1) is 0 Å². The molecular weight excluding hydrogens is 195 g/mol. The van der Waals surface area contributed by atoms with Crippen LogP contribution in [-0.2, 0) is 11.8 Å². The van der Waals surface area contributed by atoms with E-state index in [2.05, 4.69) is 4.98 Å². The van der Waals surface area contributed by atoms with E-state index in [-0.39, 0.29) is 5.56 Å². The van der Waals surface area contributed by atoms with Gasteiger partial charge in [-0.1, -0.05) is 6.07 Å². The average molecular weight is 203 g/mol. The van der Waals surface area contributed by atoms with E-state index in [1.807, 2.05) is 0 Å². The van der Waals surface area contributed by atoms with Crippen molar-refractivity contribution >= 4 is 0 Å². The minimum atomic E-state index is -4.49. The molecule has 1 aliphatic carbocycles. The molecular formula is C9H8F3NO. The Kier molecular flexibility index (Phi) is 1.82. The Morgan fingerprint density at radius 3 is 2.50 bits per heavy atom. The minimum absolute atomic E-state index is 0.104. The van der Waals surface area contributed by atoms with Crippen LogP contribution in [0.3, 0.4) is 0 Å². The van der Waals surface area contributed by atoms with Crippen LogP contribution in [0.25, 0.3) is 0 Å². The molecule has 0 saturated heterocycles. The summed E-state index contributed by atoms with van der Waals surface area (Å²) in [6.07, 6.45) is -2.66. The van der Waals surface area contributed by atoms with Gasteiger partial charge in [0.1, 0.15) is 5.69 Å². The first-order valence-corrected chi connectivity index (χ1v) is 4.18. The van der Waals surface area contributed by atoms with E-state index in [0.717, 1.165) is 6.20 Å². The van der Waals surface area contributed by atoms with Crippen molar-refractivity contribution in [2.75, 3.05) is 0 Å². The van der Waals surface area contributed by atoms with Crippen molar-refractivity contribution in [2.45, 2.75) is 24.6 Å². The zero-order valence-corrected chi connectivity index (χ0v) is 7.17. The van der Waals surface area contributed by atoms with Gasteiger partial charge in [0, 0.05) is 11.8 Å². The first kappa shape index (κ1) is 9.45. The fourth-order valence-corrected chi connectivity index (χ4v) is 1.39. The fourth-order valence-electron chi connectivity index (χ4n) is 1.39. The Labute approximate surface area is 78.4 Å². The van der Waals surface area contributed by atoms with Crippen LogP contribution in [0.4, 0.5) is 13.2 Å². The van der Waals surface area contributed by atoms with Gasteiger partial charge >= 0.3 is 6.18 Å². The van der Waals surface area contributed by atoms with E-state index >= 15 is 0 Å². The Bertz CT molecular complexity index is 333. The molecule has 1 aromatic heterocycles. The summed E-state index contributed by atoms with van der Waals surface area (Å²) < 4.78 is 37.3. The maximum Gasteiger partial charge on any atom is 0.433 e. The number of aromatic nitrogens is 1. The van der Waals surface area contributed by atoms with Crippen molar-refractivity contribution in [1.82, 2.24) is 4.98 Å². The second-order valence-corrected chi connectivity index (χ2v) is 3.43. The van der Waals surface area contributed by atoms with E-state index < -0.39 is 17.5 Å². The van der Waals surface area contributed by atoms with E-state index in [4.69, 9.17) is 0 Å². The van der Waals surface area contributed by atoms with Crippen molar-refractivity contribution in [3.8, 4) is 0 Å². The van der Waals surface area contributed by atoms with Gasteiger partial charge in [0.15, 0.2) is 0 Å². The van der Waals surface area contributed by atoms with Gasteiger partial charge < -0.3 is 5.11 Å². The molecule has 0 amide bonds. The number of pyridine rings is 1. The highest BCUT2D eigenvalue weighted by atomic mass is 19.4. The van der Waals surface area contributed by atoms with Crippen LogP contribution in [0.15, 0.2) is 18.3 Å². The molecule has 5 heteroatoms. The molecule has 1 saturated carbocycles. The van der Waals surface area contributed by atoms with Gasteiger partial charge in [-0.05, 0) is 18.9 Å². The lowest BCUT2D eigenvalue weighted by molar-refractivity contribution is -0.143. The summed E-state index contributed by atoms with van der Waals surface area (Å²) in [6, 6.07) is 2.68. The monoisotopic (exact) mass is 203 g/mol. The lowest BCUT2D eigenvalue weighted by atomic mass is 10.1. The van der Waals surface area contributed by atoms with Crippen molar-refractivity contribution < 1.29 is 18.3 Å². The molecule has 0 unspecified atom stereocenters. The van der Waals surface area contributed by atoms with E-state index in [1.54, 1.807) is 0 Å². The van der Waals surface area contributed by atoms with Gasteiger partial charge in [0.2, 0.25) is 0 Å². The zero-order chi connectivity index (χ0) is 10.4. The second kappa shape index (κ2) is 2.70. The summed E-state index contributed by atoms with van der Waals surface area (Å²) in [5, 5.41) is 9.60. The van der Waals surface area contributed by atoms with E-state index in [9.17, 15) is 18.3 Å². The molecule has 1 heterocycles. The van der Waals surface area contributed by atoms with Crippen LogP contribution < -0.4 is 0 Å². The highest BCUT2D eigenvalue weighted by Gasteiger charge is 2.48. The SMILES string of the molecule is OC1(c2cccnc2C(F)(F)F)CC1. The molecule has 76 valence electrons. The lowest BCUT2D eigenvalue weighted by Crippen LogP contribution is -2.17. The van der Waals surface area contributed by atoms with Crippen molar-refractivity contribution in [1.29, 1.82) is 0 Å². The third-order valence-electron chi connectivity index (χ3n) is 2.30. The molecule has 1 aromatic rings. The summed E-state index contributed by atoms with van der Waals surface area (Å²) in [4.78, 5) is 3.27. The smallest absolute Gasteiger partial charge is 0.385 e. The normalized spacial score (nSPS) is 19.4. The van der Waals surface area contributed by atoms with Gasteiger partial charge in [0.25, 0.3) is 0 Å². The first-order valence-electron chi connectivity index (χ1n) is 4.18. The van der Waals surface area contributed by atoms with Crippen molar-refractivity contribution in [3.05, 3.63) is 29.6 Å². The number of nitrogens with zero attached hydrogens (tertiary/aromatic N) is 1. The van der Waals surface area contributed by atoms with Crippen molar-refractivity contribution in [2.24, 2.45) is 0 Å². The van der Waals surface area contributed by atoms with Gasteiger partial charge in [-0.25, -0.2) is 0 Å². The van der Waals surface area contributed by atoms with Crippen LogP contribution in [-0.4, -0.2) is 10.1 Å². The second-order valence-electron chi connectivity index (χ2n) is 3.43. The van der Waals surface area contributed by atoms with Crippen molar-refractivity contribution in [3.63, 3.8) is 0 Å². The molecule has 2 nitrogen and oxygen atoms in total. The lowest BCUT2D eigenvalue weighted by Gasteiger charge is -2.14. The highest BCUT2D eigenvalue weighted by Crippen LogP contribution is 2.48. The molecule has 0 atom stereocenters. The van der Waals surface area contributed by atoms with Crippen LogP contribution >= 0.6 is 0 Å². The standard InChI is InChI=1S/C9H8F3NO/c10-9(11,12)7-6(2-1-5-13-7)8(14)3-4-8/h1-2,5,14H,3-4H2. The third kappa shape index (κ3) is 1.48. The van der Waals surface area contributed by atoms with Crippen LogP contribution in [0, 0.1) is 0 Å². The number of hydrogen-bond donors (Lipinski definition) is 1. The molecule has 0 spiro atoms. The Morgan fingerprint density at radius 1 is 1.36 bits per heavy atom.